The molecule has 0 saturated carbocycles. The van der Waals surface area contributed by atoms with Gasteiger partial charge in [0.25, 0.3) is 0 Å². The standard InChI is InChI=1S/C32H44O14Se/c1-17(33)37-15-21-23(39-18(2)34)25(40-19(3)35)27(36-13-14-47-20-11-9-8-10-12-20)29(41-21)38-16-22-24-26(44-31(4,5)43-24)28-30(42-22)46-32(6,7)45-28/h8-12,21-30H,13-16H2,1-7H3/t21-,22-,23-,24+,25+,26+,27-,28-,29?,30?/m1/s1. The van der Waals surface area contributed by atoms with Crippen LogP contribution in [0, 0.1) is 0 Å². The molecule has 4 aliphatic heterocycles. The molecular weight excluding hydrogens is 687 g/mol. The molecule has 1 aromatic rings. The van der Waals surface area contributed by atoms with Crippen molar-refractivity contribution in [1.82, 2.24) is 0 Å². The van der Waals surface area contributed by atoms with E-state index in [0.29, 0.717) is 5.32 Å². The number of hydrogen-bond acceptors (Lipinski definition) is 14. The number of benzene rings is 1. The van der Waals surface area contributed by atoms with E-state index in [1.807, 2.05) is 44.2 Å². The normalized spacial score (nSPS) is 35.4. The predicted molar refractivity (Wildman–Crippen MR) is 161 cm³/mol. The second-order valence-corrected chi connectivity index (χ2v) is 15.0. The van der Waals surface area contributed by atoms with Crippen molar-refractivity contribution < 1.29 is 66.5 Å². The maximum absolute atomic E-state index is 12.4. The van der Waals surface area contributed by atoms with Crippen LogP contribution < -0.4 is 4.46 Å². The van der Waals surface area contributed by atoms with Crippen molar-refractivity contribution in [2.24, 2.45) is 0 Å². The van der Waals surface area contributed by atoms with Gasteiger partial charge in [-0.05, 0) is 13.8 Å². The Bertz CT molecular complexity index is 1240. The van der Waals surface area contributed by atoms with E-state index in [1.54, 1.807) is 13.8 Å². The van der Waals surface area contributed by atoms with Crippen LogP contribution in [0.1, 0.15) is 48.5 Å². The molecule has 14 nitrogen and oxygen atoms in total. The van der Waals surface area contributed by atoms with Gasteiger partial charge in [0.2, 0.25) is 0 Å². The average Bonchev–Trinajstić information content (AvgIpc) is 3.48. The van der Waals surface area contributed by atoms with Crippen molar-refractivity contribution in [3.05, 3.63) is 30.3 Å². The van der Waals surface area contributed by atoms with Gasteiger partial charge in [-0.2, -0.15) is 0 Å². The molecule has 5 rings (SSSR count). The number of ether oxygens (including phenoxy) is 11. The Balaban J connectivity index is 1.37. The second kappa shape index (κ2) is 15.2. The van der Waals surface area contributed by atoms with Gasteiger partial charge in [-0.15, -0.1) is 0 Å². The molecule has 0 aromatic heterocycles. The molecule has 0 radical (unpaired) electrons. The maximum atomic E-state index is 12.4. The van der Waals surface area contributed by atoms with Gasteiger partial charge in [0.05, 0.1) is 0 Å². The van der Waals surface area contributed by atoms with E-state index in [4.69, 9.17) is 52.1 Å². The van der Waals surface area contributed by atoms with Crippen molar-refractivity contribution in [2.45, 2.75) is 127 Å². The summed E-state index contributed by atoms with van der Waals surface area (Å²) < 4.78 is 67.6. The summed E-state index contributed by atoms with van der Waals surface area (Å²) in [7, 11) is 0. The molecule has 4 aliphatic rings. The van der Waals surface area contributed by atoms with E-state index in [-0.39, 0.29) is 34.8 Å². The van der Waals surface area contributed by atoms with E-state index in [1.165, 1.54) is 25.2 Å². The molecule has 0 bridgehead atoms. The Hall–Kier alpha value is -2.17. The van der Waals surface area contributed by atoms with Crippen LogP contribution in [-0.2, 0) is 66.5 Å². The molecule has 1 aromatic carbocycles. The second-order valence-electron chi connectivity index (χ2n) is 12.5. The number of esters is 3. The van der Waals surface area contributed by atoms with Crippen LogP contribution in [0.4, 0.5) is 0 Å². The van der Waals surface area contributed by atoms with E-state index in [9.17, 15) is 14.4 Å². The Labute approximate surface area is 280 Å². The Morgan fingerprint density at radius 1 is 0.702 bits per heavy atom. The predicted octanol–water partition coefficient (Wildman–Crippen LogP) is 1.38. The first-order valence-electron chi connectivity index (χ1n) is 15.6. The van der Waals surface area contributed by atoms with Crippen LogP contribution >= 0.6 is 0 Å². The van der Waals surface area contributed by atoms with Gasteiger partial charge >= 0.3 is 267 Å². The van der Waals surface area contributed by atoms with Crippen molar-refractivity contribution in [3.8, 4) is 0 Å². The third-order valence-electron chi connectivity index (χ3n) is 7.73. The molecular formula is C32H44O14Se. The van der Waals surface area contributed by atoms with Crippen molar-refractivity contribution in [1.29, 1.82) is 0 Å². The summed E-state index contributed by atoms with van der Waals surface area (Å²) in [5.74, 6) is -3.66. The van der Waals surface area contributed by atoms with E-state index >= 15 is 0 Å². The van der Waals surface area contributed by atoms with Crippen LogP contribution in [0.25, 0.3) is 0 Å². The van der Waals surface area contributed by atoms with Crippen LogP contribution in [0.15, 0.2) is 30.3 Å². The van der Waals surface area contributed by atoms with E-state index in [2.05, 4.69) is 0 Å². The SMILES string of the molecule is CC(=O)OC[C@H]1OC(OC[C@H]2OC3OC(C)(C)O[C@@H]3[C@H]3OC(C)(C)O[C@H]32)[C@H](OCC[Se]c2ccccc2)[C@@H](OC(C)=O)[C@@H]1OC(C)=O. The van der Waals surface area contributed by atoms with Crippen molar-refractivity contribution in [2.75, 3.05) is 19.8 Å². The number of fused-ring (bicyclic) bond motifs is 3. The quantitative estimate of drug-likeness (QED) is 0.132. The molecule has 0 aliphatic carbocycles. The molecule has 4 saturated heterocycles. The molecule has 0 N–H and O–H groups in total. The first kappa shape index (κ1) is 36.1. The molecule has 47 heavy (non-hydrogen) atoms. The first-order valence-corrected chi connectivity index (χ1v) is 17.7. The number of hydrogen-bond donors (Lipinski definition) is 0. The molecule has 4 fully saturated rings. The van der Waals surface area contributed by atoms with Crippen LogP contribution in [-0.4, -0.2) is 126 Å². The van der Waals surface area contributed by atoms with Gasteiger partial charge in [-0.25, -0.2) is 0 Å². The summed E-state index contributed by atoms with van der Waals surface area (Å²) in [4.78, 5) is 36.3. The molecule has 0 spiro atoms. The summed E-state index contributed by atoms with van der Waals surface area (Å²) in [5, 5.41) is 0.689. The molecule has 10 atom stereocenters. The Kier molecular flexibility index (Phi) is 11.6. The monoisotopic (exact) mass is 732 g/mol. The first-order chi connectivity index (χ1) is 22.2. The number of rotatable bonds is 12. The van der Waals surface area contributed by atoms with Gasteiger partial charge in [0.15, 0.2) is 0 Å². The molecule has 262 valence electrons. The molecule has 15 heteroatoms. The van der Waals surface area contributed by atoms with E-state index in [0.717, 1.165) is 0 Å². The van der Waals surface area contributed by atoms with Crippen LogP contribution in [0.5, 0.6) is 0 Å². The van der Waals surface area contributed by atoms with Crippen molar-refractivity contribution in [3.63, 3.8) is 0 Å². The number of carbonyl (C=O) groups excluding carboxylic acids is 3. The topological polar surface area (TPSA) is 153 Å². The summed E-state index contributed by atoms with van der Waals surface area (Å²) in [6.45, 7) is 10.8. The van der Waals surface area contributed by atoms with Gasteiger partial charge < -0.3 is 0 Å². The van der Waals surface area contributed by atoms with E-state index < -0.39 is 90.9 Å². The third-order valence-corrected chi connectivity index (χ3v) is 9.78. The molecule has 4 heterocycles. The minimum atomic E-state index is -1.16. The van der Waals surface area contributed by atoms with Crippen LogP contribution in [0.2, 0.25) is 5.32 Å². The Morgan fingerprint density at radius 3 is 2.02 bits per heavy atom. The fourth-order valence-corrected chi connectivity index (χ4v) is 7.66. The fourth-order valence-electron chi connectivity index (χ4n) is 6.06. The van der Waals surface area contributed by atoms with Crippen molar-refractivity contribution >= 4 is 37.3 Å². The van der Waals surface area contributed by atoms with Crippen LogP contribution in [0.3, 0.4) is 0 Å². The molecule has 0 amide bonds. The van der Waals surface area contributed by atoms with Gasteiger partial charge in [0, 0.05) is 0 Å². The third kappa shape index (κ3) is 9.30. The van der Waals surface area contributed by atoms with Gasteiger partial charge in [-0.3, -0.25) is 0 Å². The zero-order valence-electron chi connectivity index (χ0n) is 27.6. The zero-order chi connectivity index (χ0) is 33.9. The van der Waals surface area contributed by atoms with Gasteiger partial charge in [0.1, 0.15) is 0 Å². The Morgan fingerprint density at radius 2 is 1.34 bits per heavy atom. The summed E-state index contributed by atoms with van der Waals surface area (Å²) in [6, 6.07) is 10.0. The zero-order valence-corrected chi connectivity index (χ0v) is 29.3. The summed E-state index contributed by atoms with van der Waals surface area (Å²) in [5.41, 5.74) is 0. The van der Waals surface area contributed by atoms with Gasteiger partial charge in [-0.1, -0.05) is 0 Å². The average molecular weight is 732 g/mol. The summed E-state index contributed by atoms with van der Waals surface area (Å²) in [6.07, 6.45) is -8.57. The molecule has 2 unspecified atom stereocenters. The summed E-state index contributed by atoms with van der Waals surface area (Å²) >= 11 is 0.0997. The minimum absolute atomic E-state index is 0.0720. The number of carbonyl (C=O) groups is 3. The fraction of sp³-hybridized carbons (Fsp3) is 0.719.